The van der Waals surface area contributed by atoms with Crippen LogP contribution in [0.2, 0.25) is 19.6 Å². The molecular weight excluding hydrogens is 262 g/mol. The lowest BCUT2D eigenvalue weighted by molar-refractivity contribution is -0.418. The number of ether oxygens (including phenoxy) is 1. The first-order chi connectivity index (χ1) is 9.32. The second-order valence-electron chi connectivity index (χ2n) is 6.20. The van der Waals surface area contributed by atoms with E-state index in [9.17, 15) is 0 Å². The van der Waals surface area contributed by atoms with Gasteiger partial charge in [0.2, 0.25) is 0 Å². The average molecular weight is 285 g/mol. The van der Waals surface area contributed by atoms with Gasteiger partial charge in [-0.15, -0.1) is 6.08 Å². The molecule has 0 aromatic heterocycles. The van der Waals surface area contributed by atoms with Gasteiger partial charge in [-0.2, -0.15) is 0 Å². The number of hydrogen-bond acceptors (Lipinski definition) is 1. The average Bonchev–Trinajstić information content (AvgIpc) is 2.38. The van der Waals surface area contributed by atoms with Crippen molar-refractivity contribution in [2.45, 2.75) is 26.6 Å². The lowest BCUT2D eigenvalue weighted by Crippen LogP contribution is -2.27. The first-order valence-electron chi connectivity index (χ1n) is 6.85. The second kappa shape index (κ2) is 5.33. The van der Waals surface area contributed by atoms with Gasteiger partial charge >= 0.3 is 0 Å². The molecule has 0 bridgehead atoms. The highest BCUT2D eigenvalue weighted by molar-refractivity contribution is 6.83. The molecule has 0 radical (unpaired) electrons. The van der Waals surface area contributed by atoms with Crippen molar-refractivity contribution in [2.75, 3.05) is 7.11 Å². The summed E-state index contributed by atoms with van der Waals surface area (Å²) in [7, 11) is 0.390. The molecule has 0 N–H and O–H groups in total. The molecule has 2 rings (SSSR count). The molecule has 1 aliphatic rings. The molecule has 106 valence electrons. The van der Waals surface area contributed by atoms with Gasteiger partial charge in [0.25, 0.3) is 0 Å². The van der Waals surface area contributed by atoms with E-state index in [1.807, 2.05) is 10.6 Å². The maximum absolute atomic E-state index is 5.33. The normalized spacial score (nSPS) is 15.3. The summed E-state index contributed by atoms with van der Waals surface area (Å²) in [6.45, 7) is 13.3. The lowest BCUT2D eigenvalue weighted by atomic mass is 9.99. The highest BCUT2D eigenvalue weighted by Gasteiger charge is 2.24. The Morgan fingerprint density at radius 2 is 1.95 bits per heavy atom. The Hall–Kier alpha value is -1.74. The molecule has 0 aliphatic carbocycles. The third-order valence-corrected chi connectivity index (χ3v) is 5.64. The van der Waals surface area contributed by atoms with Crippen LogP contribution in [-0.4, -0.2) is 26.5 Å². The number of methoxy groups -OCH3 is 1. The van der Waals surface area contributed by atoms with Gasteiger partial charge in [0, 0.05) is 0 Å². The van der Waals surface area contributed by atoms with Crippen LogP contribution >= 0.6 is 0 Å². The van der Waals surface area contributed by atoms with E-state index >= 15 is 0 Å². The smallest absolute Gasteiger partial charge is 0.147 e. The summed E-state index contributed by atoms with van der Waals surface area (Å²) in [6.07, 6.45) is 6.57. The van der Waals surface area contributed by atoms with Crippen molar-refractivity contribution in [1.82, 2.24) is 0 Å². The van der Waals surface area contributed by atoms with Crippen LogP contribution in [0.25, 0.3) is 0 Å². The van der Waals surface area contributed by atoms with Crippen molar-refractivity contribution >= 4 is 14.8 Å². The van der Waals surface area contributed by atoms with E-state index < -0.39 is 8.07 Å². The predicted octanol–water partition coefficient (Wildman–Crippen LogP) is 3.93. The summed E-state index contributed by atoms with van der Waals surface area (Å²) in [5.41, 5.74) is 2.39. The number of aryl methyl sites for hydroxylation is 1. The highest BCUT2D eigenvalue weighted by Crippen LogP contribution is 2.30. The Morgan fingerprint density at radius 1 is 1.25 bits per heavy atom. The molecule has 0 spiro atoms. The van der Waals surface area contributed by atoms with Crippen LogP contribution in [0, 0.1) is 13.0 Å². The van der Waals surface area contributed by atoms with Crippen molar-refractivity contribution in [3.8, 4) is 5.75 Å². The number of rotatable bonds is 3. The summed E-state index contributed by atoms with van der Waals surface area (Å²) in [6, 6.07) is 7.26. The molecule has 2 nitrogen and oxygen atoms in total. The number of benzene rings is 1. The summed E-state index contributed by atoms with van der Waals surface area (Å²) >= 11 is 0. The fraction of sp³-hybridized carbons (Fsp3) is 0.294. The van der Waals surface area contributed by atoms with Gasteiger partial charge in [0.05, 0.1) is 27.7 Å². The topological polar surface area (TPSA) is 12.2 Å². The zero-order valence-corrected chi connectivity index (χ0v) is 14.0. The van der Waals surface area contributed by atoms with Gasteiger partial charge in [0.1, 0.15) is 12.2 Å². The summed E-state index contributed by atoms with van der Waals surface area (Å²) in [5.74, 6) is 0.875. The minimum atomic E-state index is -1.31. The fourth-order valence-corrected chi connectivity index (χ4v) is 3.36. The third-order valence-electron chi connectivity index (χ3n) is 3.61. The minimum absolute atomic E-state index is 0.875. The first kappa shape index (κ1) is 14.7. The van der Waals surface area contributed by atoms with Gasteiger partial charge in [-0.05, 0) is 17.7 Å². The molecule has 1 aromatic carbocycles. The molecule has 1 aliphatic heterocycles. The molecule has 3 heteroatoms. The SMILES string of the molecule is C=[N+]1C=C([Si](C)(C)C)C=C[C-]1c1cc(OC)ccc1C. The van der Waals surface area contributed by atoms with Crippen LogP contribution in [0.3, 0.4) is 0 Å². The molecule has 1 heterocycles. The Bertz CT molecular complexity index is 593. The van der Waals surface area contributed by atoms with E-state index in [0.29, 0.717) is 0 Å². The van der Waals surface area contributed by atoms with E-state index in [-0.39, 0.29) is 0 Å². The second-order valence-corrected chi connectivity index (χ2v) is 11.3. The minimum Gasteiger partial charge on any atom is -0.503 e. The monoisotopic (exact) mass is 285 g/mol. The predicted molar refractivity (Wildman–Crippen MR) is 88.0 cm³/mol. The van der Waals surface area contributed by atoms with Crippen molar-refractivity contribution < 1.29 is 9.31 Å². The van der Waals surface area contributed by atoms with E-state index in [1.165, 1.54) is 16.3 Å². The van der Waals surface area contributed by atoms with Crippen molar-refractivity contribution in [2.24, 2.45) is 0 Å². The van der Waals surface area contributed by atoms with Gasteiger partial charge in [-0.1, -0.05) is 49.5 Å². The maximum Gasteiger partial charge on any atom is 0.147 e. The van der Waals surface area contributed by atoms with Crippen LogP contribution < -0.4 is 4.74 Å². The van der Waals surface area contributed by atoms with Crippen LogP contribution in [-0.2, 0) is 0 Å². The standard InChI is InChI=1S/C17H23NOSi/c1-13-7-8-14(19-3)11-16(13)17-10-9-15(12-18(17)2)20(4,5)6/h7-12H,2H2,1,3-6H3. The lowest BCUT2D eigenvalue weighted by Gasteiger charge is -2.26. The largest absolute Gasteiger partial charge is 0.503 e. The molecule has 0 amide bonds. The Labute approximate surface area is 123 Å². The Balaban J connectivity index is 2.36. The highest BCUT2D eigenvalue weighted by atomic mass is 28.3. The summed E-state index contributed by atoms with van der Waals surface area (Å²) in [4.78, 5) is 0. The zero-order valence-electron chi connectivity index (χ0n) is 13.0. The molecule has 0 atom stereocenters. The number of nitrogens with zero attached hydrogens (tertiary/aromatic N) is 1. The van der Waals surface area contributed by atoms with E-state index in [1.54, 1.807) is 7.11 Å². The van der Waals surface area contributed by atoms with E-state index in [0.717, 1.165) is 11.8 Å². The Morgan fingerprint density at radius 3 is 2.50 bits per heavy atom. The summed E-state index contributed by atoms with van der Waals surface area (Å²) in [5, 5.41) is 1.41. The van der Waals surface area contributed by atoms with Crippen LogP contribution in [0.1, 0.15) is 11.1 Å². The number of allylic oxidation sites excluding steroid dienone is 2. The van der Waals surface area contributed by atoms with Gasteiger partial charge in [-0.3, -0.25) is 4.58 Å². The molecule has 20 heavy (non-hydrogen) atoms. The van der Waals surface area contributed by atoms with Crippen molar-refractivity contribution in [1.29, 1.82) is 0 Å². The quantitative estimate of drug-likeness (QED) is 0.466. The van der Waals surface area contributed by atoms with Crippen LogP contribution in [0.15, 0.2) is 41.7 Å². The molecule has 0 saturated carbocycles. The first-order valence-corrected chi connectivity index (χ1v) is 10.3. The van der Waals surface area contributed by atoms with Gasteiger partial charge in [0.15, 0.2) is 0 Å². The zero-order chi connectivity index (χ0) is 14.9. The molecule has 0 fully saturated rings. The van der Waals surface area contributed by atoms with E-state index in [4.69, 9.17) is 4.74 Å². The molecule has 1 aromatic rings. The molecule has 0 unspecified atom stereocenters. The van der Waals surface area contributed by atoms with Crippen molar-refractivity contribution in [3.05, 3.63) is 58.9 Å². The molecular formula is C17H23NOSi. The fourth-order valence-electron chi connectivity index (χ4n) is 2.24. The van der Waals surface area contributed by atoms with Gasteiger partial charge in [-0.25, -0.2) is 0 Å². The van der Waals surface area contributed by atoms with Gasteiger partial charge < -0.3 is 4.74 Å². The number of hydrogen-bond donors (Lipinski definition) is 0. The van der Waals surface area contributed by atoms with Crippen LogP contribution in [0.4, 0.5) is 0 Å². The van der Waals surface area contributed by atoms with E-state index in [2.05, 4.69) is 63.8 Å². The summed E-state index contributed by atoms with van der Waals surface area (Å²) < 4.78 is 7.31. The molecule has 0 saturated heterocycles. The third kappa shape index (κ3) is 2.88. The van der Waals surface area contributed by atoms with Crippen molar-refractivity contribution in [3.63, 3.8) is 0 Å². The maximum atomic E-state index is 5.33. The Kier molecular flexibility index (Phi) is 3.91. The van der Waals surface area contributed by atoms with Crippen LogP contribution in [0.5, 0.6) is 5.75 Å².